The predicted molar refractivity (Wildman–Crippen MR) is 60.4 cm³/mol. The molecule has 0 amide bonds. The molecule has 2 fully saturated rings. The van der Waals surface area contributed by atoms with E-state index in [1.165, 1.54) is 19.3 Å². The van der Waals surface area contributed by atoms with Crippen LogP contribution in [0.15, 0.2) is 12.2 Å². The number of rotatable bonds is 0. The Morgan fingerprint density at radius 2 is 2.07 bits per heavy atom. The third-order valence-electron chi connectivity index (χ3n) is 5.07. The van der Waals surface area contributed by atoms with Crippen molar-refractivity contribution in [1.29, 1.82) is 0 Å². The van der Waals surface area contributed by atoms with Crippen LogP contribution in [0.5, 0.6) is 0 Å². The summed E-state index contributed by atoms with van der Waals surface area (Å²) in [5.41, 5.74) is 0.332. The molecule has 4 atom stereocenters. The lowest BCUT2D eigenvalue weighted by Gasteiger charge is -2.40. The van der Waals surface area contributed by atoms with Gasteiger partial charge in [-0.1, -0.05) is 26.0 Å². The van der Waals surface area contributed by atoms with Crippen LogP contribution in [-0.4, -0.2) is 5.78 Å². The van der Waals surface area contributed by atoms with Gasteiger partial charge < -0.3 is 0 Å². The molecule has 3 aliphatic rings. The minimum absolute atomic E-state index is 0.332. The third kappa shape index (κ3) is 1.25. The molecule has 0 spiro atoms. The molecule has 82 valence electrons. The molecular weight excluding hydrogens is 184 g/mol. The highest BCUT2D eigenvalue weighted by Gasteiger charge is 2.50. The maximum absolute atomic E-state index is 11.9. The first-order chi connectivity index (χ1) is 7.09. The molecule has 15 heavy (non-hydrogen) atoms. The molecule has 1 heteroatoms. The summed E-state index contributed by atoms with van der Waals surface area (Å²) < 4.78 is 0. The molecule has 0 N–H and O–H groups in total. The van der Waals surface area contributed by atoms with E-state index in [0.29, 0.717) is 23.0 Å². The Balaban J connectivity index is 1.93. The molecule has 0 aliphatic heterocycles. The Labute approximate surface area is 91.9 Å². The van der Waals surface area contributed by atoms with Crippen molar-refractivity contribution in [3.63, 3.8) is 0 Å². The molecule has 0 radical (unpaired) electrons. The highest BCUT2D eigenvalue weighted by Crippen LogP contribution is 2.55. The zero-order valence-electron chi connectivity index (χ0n) is 9.70. The van der Waals surface area contributed by atoms with Crippen LogP contribution in [0.1, 0.15) is 39.5 Å². The second-order valence-corrected chi connectivity index (χ2v) is 6.23. The van der Waals surface area contributed by atoms with Gasteiger partial charge >= 0.3 is 0 Å². The Bertz CT molecular complexity index is 326. The van der Waals surface area contributed by atoms with E-state index in [0.717, 1.165) is 18.3 Å². The zero-order valence-corrected chi connectivity index (χ0v) is 9.70. The van der Waals surface area contributed by atoms with Gasteiger partial charge in [-0.3, -0.25) is 4.79 Å². The molecule has 4 unspecified atom stereocenters. The SMILES string of the molecule is CC1(C)C=CC2C3C(=O)CCC3CCC21. The second-order valence-electron chi connectivity index (χ2n) is 6.23. The van der Waals surface area contributed by atoms with Gasteiger partial charge in [-0.05, 0) is 42.4 Å². The van der Waals surface area contributed by atoms with Crippen LogP contribution in [0.2, 0.25) is 0 Å². The summed E-state index contributed by atoms with van der Waals surface area (Å²) in [4.78, 5) is 11.9. The van der Waals surface area contributed by atoms with Crippen molar-refractivity contribution in [2.75, 3.05) is 0 Å². The van der Waals surface area contributed by atoms with Gasteiger partial charge in [0, 0.05) is 12.3 Å². The monoisotopic (exact) mass is 204 g/mol. The van der Waals surface area contributed by atoms with E-state index in [1.54, 1.807) is 0 Å². The van der Waals surface area contributed by atoms with Crippen LogP contribution in [0.4, 0.5) is 0 Å². The van der Waals surface area contributed by atoms with Gasteiger partial charge in [-0.25, -0.2) is 0 Å². The Hall–Kier alpha value is -0.590. The van der Waals surface area contributed by atoms with Crippen LogP contribution < -0.4 is 0 Å². The molecule has 0 aromatic heterocycles. The fourth-order valence-electron chi connectivity index (χ4n) is 4.23. The van der Waals surface area contributed by atoms with E-state index in [9.17, 15) is 4.79 Å². The number of carbonyl (C=O) groups is 1. The van der Waals surface area contributed by atoms with E-state index in [2.05, 4.69) is 26.0 Å². The smallest absolute Gasteiger partial charge is 0.136 e. The lowest BCUT2D eigenvalue weighted by atomic mass is 9.63. The van der Waals surface area contributed by atoms with Crippen LogP contribution >= 0.6 is 0 Å². The van der Waals surface area contributed by atoms with Crippen molar-refractivity contribution >= 4 is 5.78 Å². The van der Waals surface area contributed by atoms with Crippen LogP contribution in [-0.2, 0) is 4.79 Å². The quantitative estimate of drug-likeness (QED) is 0.554. The van der Waals surface area contributed by atoms with E-state index in [4.69, 9.17) is 0 Å². The van der Waals surface area contributed by atoms with Crippen LogP contribution in [0.3, 0.4) is 0 Å². The number of hydrogen-bond donors (Lipinski definition) is 0. The molecule has 2 saturated carbocycles. The van der Waals surface area contributed by atoms with Gasteiger partial charge in [0.05, 0.1) is 0 Å². The number of ketones is 1. The summed E-state index contributed by atoms with van der Waals surface area (Å²) in [6.45, 7) is 4.65. The minimum Gasteiger partial charge on any atom is -0.299 e. The lowest BCUT2D eigenvalue weighted by molar-refractivity contribution is -0.124. The molecule has 3 aliphatic carbocycles. The lowest BCUT2D eigenvalue weighted by Crippen LogP contribution is -2.36. The first kappa shape index (κ1) is 9.62. The summed E-state index contributed by atoms with van der Waals surface area (Å²) >= 11 is 0. The van der Waals surface area contributed by atoms with Gasteiger partial charge in [0.1, 0.15) is 5.78 Å². The molecule has 0 aromatic rings. The number of carbonyl (C=O) groups excluding carboxylic acids is 1. The van der Waals surface area contributed by atoms with E-state index in [1.807, 2.05) is 0 Å². The zero-order chi connectivity index (χ0) is 10.6. The fourth-order valence-corrected chi connectivity index (χ4v) is 4.23. The first-order valence-corrected chi connectivity index (χ1v) is 6.32. The minimum atomic E-state index is 0.332. The van der Waals surface area contributed by atoms with Crippen molar-refractivity contribution in [1.82, 2.24) is 0 Å². The highest BCUT2D eigenvalue weighted by atomic mass is 16.1. The molecule has 0 heterocycles. The first-order valence-electron chi connectivity index (χ1n) is 6.32. The molecule has 3 rings (SSSR count). The van der Waals surface area contributed by atoms with Gasteiger partial charge in [0.2, 0.25) is 0 Å². The number of fused-ring (bicyclic) bond motifs is 3. The highest BCUT2D eigenvalue weighted by molar-refractivity contribution is 5.84. The van der Waals surface area contributed by atoms with Gasteiger partial charge in [-0.15, -0.1) is 0 Å². The fraction of sp³-hybridized carbons (Fsp3) is 0.786. The number of Topliss-reactive ketones (excluding diaryl/α,β-unsaturated/α-hetero) is 1. The molecule has 0 saturated heterocycles. The summed E-state index contributed by atoms with van der Waals surface area (Å²) in [7, 11) is 0. The maximum atomic E-state index is 11.9. The number of hydrogen-bond acceptors (Lipinski definition) is 1. The van der Waals surface area contributed by atoms with Crippen molar-refractivity contribution in [2.45, 2.75) is 39.5 Å². The third-order valence-corrected chi connectivity index (χ3v) is 5.07. The summed E-state index contributed by atoms with van der Waals surface area (Å²) in [5.74, 6) is 2.98. The second kappa shape index (κ2) is 2.96. The normalized spacial score (nSPS) is 46.7. The van der Waals surface area contributed by atoms with Crippen molar-refractivity contribution < 1.29 is 4.79 Å². The summed E-state index contributed by atoms with van der Waals surface area (Å²) in [6, 6.07) is 0. The van der Waals surface area contributed by atoms with Crippen LogP contribution in [0, 0.1) is 29.1 Å². The van der Waals surface area contributed by atoms with Gasteiger partial charge in [0.15, 0.2) is 0 Å². The standard InChI is InChI=1S/C14H20O/c1-14(2)8-7-10-11(14)5-3-9-4-6-12(15)13(9)10/h7-11,13H,3-6H2,1-2H3. The van der Waals surface area contributed by atoms with Gasteiger partial charge in [0.25, 0.3) is 0 Å². The van der Waals surface area contributed by atoms with Crippen LogP contribution in [0.25, 0.3) is 0 Å². The Morgan fingerprint density at radius 1 is 1.27 bits per heavy atom. The largest absolute Gasteiger partial charge is 0.299 e. The topological polar surface area (TPSA) is 17.1 Å². The predicted octanol–water partition coefficient (Wildman–Crippen LogP) is 3.20. The molecule has 0 bridgehead atoms. The summed E-state index contributed by atoms with van der Waals surface area (Å²) in [6.07, 6.45) is 9.36. The number of allylic oxidation sites excluding steroid dienone is 2. The van der Waals surface area contributed by atoms with Crippen molar-refractivity contribution in [2.24, 2.45) is 29.1 Å². The van der Waals surface area contributed by atoms with Gasteiger partial charge in [-0.2, -0.15) is 0 Å². The molecule has 1 nitrogen and oxygen atoms in total. The summed E-state index contributed by atoms with van der Waals surface area (Å²) in [5, 5.41) is 0. The van der Waals surface area contributed by atoms with E-state index in [-0.39, 0.29) is 0 Å². The van der Waals surface area contributed by atoms with E-state index < -0.39 is 0 Å². The Kier molecular flexibility index (Phi) is 1.90. The maximum Gasteiger partial charge on any atom is 0.136 e. The molecule has 0 aromatic carbocycles. The average molecular weight is 204 g/mol. The Morgan fingerprint density at radius 3 is 2.87 bits per heavy atom. The average Bonchev–Trinajstić information content (AvgIpc) is 2.69. The molecular formula is C14H20O. The van der Waals surface area contributed by atoms with E-state index >= 15 is 0 Å². The van der Waals surface area contributed by atoms with Crippen molar-refractivity contribution in [3.05, 3.63) is 12.2 Å². The van der Waals surface area contributed by atoms with Crippen molar-refractivity contribution in [3.8, 4) is 0 Å².